The van der Waals surface area contributed by atoms with E-state index in [0.717, 1.165) is 34.3 Å². The van der Waals surface area contributed by atoms with Crippen molar-refractivity contribution >= 4 is 0 Å². The summed E-state index contributed by atoms with van der Waals surface area (Å²) in [6.45, 7) is 4.10. The SMILES string of the molecule is COc1c(C)cc(C(O)C2C3CCCC32)cc1C. The zero-order chi connectivity index (χ0) is 12.9. The first kappa shape index (κ1) is 12.0. The van der Waals surface area contributed by atoms with Crippen molar-refractivity contribution in [1.82, 2.24) is 0 Å². The van der Waals surface area contributed by atoms with Crippen molar-refractivity contribution in [2.75, 3.05) is 7.11 Å². The molecule has 2 heteroatoms. The normalized spacial score (nSPS) is 31.0. The van der Waals surface area contributed by atoms with Crippen molar-refractivity contribution in [1.29, 1.82) is 0 Å². The summed E-state index contributed by atoms with van der Waals surface area (Å²) >= 11 is 0. The lowest BCUT2D eigenvalue weighted by molar-refractivity contribution is 0.137. The van der Waals surface area contributed by atoms with E-state index in [1.165, 1.54) is 19.3 Å². The van der Waals surface area contributed by atoms with Gasteiger partial charge in [0.15, 0.2) is 0 Å². The molecule has 0 aliphatic heterocycles. The molecule has 0 bridgehead atoms. The topological polar surface area (TPSA) is 29.5 Å². The van der Waals surface area contributed by atoms with Crippen molar-refractivity contribution in [3.05, 3.63) is 28.8 Å². The number of hydrogen-bond donors (Lipinski definition) is 1. The molecule has 0 amide bonds. The Morgan fingerprint density at radius 3 is 2.22 bits per heavy atom. The zero-order valence-electron chi connectivity index (χ0n) is 11.4. The van der Waals surface area contributed by atoms with Crippen LogP contribution in [-0.2, 0) is 0 Å². The van der Waals surface area contributed by atoms with E-state index < -0.39 is 0 Å². The Balaban J connectivity index is 1.84. The highest BCUT2D eigenvalue weighted by molar-refractivity contribution is 5.44. The van der Waals surface area contributed by atoms with Gasteiger partial charge < -0.3 is 9.84 Å². The Labute approximate surface area is 109 Å². The number of aryl methyl sites for hydroxylation is 2. The third-order valence-corrected chi connectivity index (χ3v) is 4.87. The zero-order valence-corrected chi connectivity index (χ0v) is 11.4. The molecule has 2 saturated carbocycles. The predicted octanol–water partition coefficient (Wildman–Crippen LogP) is 3.39. The highest BCUT2D eigenvalue weighted by Gasteiger charge is 2.55. The number of methoxy groups -OCH3 is 1. The average molecular weight is 246 g/mol. The van der Waals surface area contributed by atoms with Crippen LogP contribution in [0.1, 0.15) is 42.1 Å². The van der Waals surface area contributed by atoms with E-state index in [1.54, 1.807) is 7.11 Å². The van der Waals surface area contributed by atoms with Crippen LogP contribution in [0.4, 0.5) is 0 Å². The maximum atomic E-state index is 10.5. The van der Waals surface area contributed by atoms with Crippen LogP contribution in [0.5, 0.6) is 5.75 Å². The van der Waals surface area contributed by atoms with Crippen LogP contribution in [-0.4, -0.2) is 12.2 Å². The minimum absolute atomic E-state index is 0.274. The van der Waals surface area contributed by atoms with Crippen LogP contribution < -0.4 is 4.74 Å². The van der Waals surface area contributed by atoms with Crippen LogP contribution in [0.2, 0.25) is 0 Å². The first-order valence-electron chi connectivity index (χ1n) is 6.96. The molecule has 0 heterocycles. The Hall–Kier alpha value is -1.02. The smallest absolute Gasteiger partial charge is 0.124 e. The van der Waals surface area contributed by atoms with Crippen LogP contribution in [0, 0.1) is 31.6 Å². The van der Waals surface area contributed by atoms with Crippen LogP contribution in [0.25, 0.3) is 0 Å². The van der Waals surface area contributed by atoms with E-state index >= 15 is 0 Å². The summed E-state index contributed by atoms with van der Waals surface area (Å²) in [5, 5.41) is 10.5. The Morgan fingerprint density at radius 2 is 1.72 bits per heavy atom. The monoisotopic (exact) mass is 246 g/mol. The minimum Gasteiger partial charge on any atom is -0.496 e. The molecule has 2 aliphatic rings. The van der Waals surface area contributed by atoms with E-state index in [4.69, 9.17) is 4.74 Å². The number of ether oxygens (including phenoxy) is 1. The van der Waals surface area contributed by atoms with Gasteiger partial charge in [-0.1, -0.05) is 6.42 Å². The quantitative estimate of drug-likeness (QED) is 0.885. The Morgan fingerprint density at radius 1 is 1.17 bits per heavy atom. The third kappa shape index (κ3) is 1.74. The van der Waals surface area contributed by atoms with E-state index in [-0.39, 0.29) is 6.10 Å². The number of aliphatic hydroxyl groups is 1. The van der Waals surface area contributed by atoms with E-state index in [0.29, 0.717) is 5.92 Å². The van der Waals surface area contributed by atoms with Crippen LogP contribution in [0.3, 0.4) is 0 Å². The number of rotatable bonds is 3. The number of benzene rings is 1. The summed E-state index contributed by atoms with van der Waals surface area (Å²) in [6, 6.07) is 4.18. The standard InChI is InChI=1S/C16H22O2/c1-9-7-11(8-10(2)16(9)18-3)15(17)14-12-5-4-6-13(12)14/h7-8,12-15,17H,4-6H2,1-3H3. The fourth-order valence-corrected chi connectivity index (χ4v) is 4.04. The lowest BCUT2D eigenvalue weighted by Crippen LogP contribution is -2.06. The second-order valence-corrected chi connectivity index (χ2v) is 5.97. The molecule has 0 radical (unpaired) electrons. The second kappa shape index (κ2) is 4.27. The van der Waals surface area contributed by atoms with Crippen molar-refractivity contribution in [2.45, 2.75) is 39.2 Å². The van der Waals surface area contributed by atoms with Gasteiger partial charge in [0.25, 0.3) is 0 Å². The molecule has 2 fully saturated rings. The molecule has 3 rings (SSSR count). The Kier molecular flexibility index (Phi) is 2.86. The van der Waals surface area contributed by atoms with Gasteiger partial charge in [-0.05, 0) is 73.3 Å². The van der Waals surface area contributed by atoms with Crippen molar-refractivity contribution in [3.8, 4) is 5.75 Å². The van der Waals surface area contributed by atoms with Gasteiger partial charge in [-0.15, -0.1) is 0 Å². The molecule has 18 heavy (non-hydrogen) atoms. The van der Waals surface area contributed by atoms with Crippen molar-refractivity contribution in [2.24, 2.45) is 17.8 Å². The first-order chi connectivity index (χ1) is 8.63. The summed E-state index contributed by atoms with van der Waals surface area (Å²) in [6.07, 6.45) is 3.73. The van der Waals surface area contributed by atoms with Crippen LogP contribution in [0.15, 0.2) is 12.1 Å². The van der Waals surface area contributed by atoms with Gasteiger partial charge >= 0.3 is 0 Å². The average Bonchev–Trinajstić information content (AvgIpc) is 2.80. The van der Waals surface area contributed by atoms with Gasteiger partial charge in [-0.25, -0.2) is 0 Å². The molecular formula is C16H22O2. The van der Waals surface area contributed by atoms with Gasteiger partial charge in [-0.3, -0.25) is 0 Å². The van der Waals surface area contributed by atoms with E-state index in [9.17, 15) is 5.11 Å². The van der Waals surface area contributed by atoms with E-state index in [1.807, 2.05) is 0 Å². The molecule has 1 aromatic carbocycles. The molecule has 1 N–H and O–H groups in total. The molecule has 98 valence electrons. The fourth-order valence-electron chi connectivity index (χ4n) is 4.04. The number of aliphatic hydroxyl groups excluding tert-OH is 1. The summed E-state index contributed by atoms with van der Waals surface area (Å²) in [4.78, 5) is 0. The predicted molar refractivity (Wildman–Crippen MR) is 71.7 cm³/mol. The highest BCUT2D eigenvalue weighted by Crippen LogP contribution is 2.62. The molecule has 2 nitrogen and oxygen atoms in total. The lowest BCUT2D eigenvalue weighted by atomic mass is 9.96. The lowest BCUT2D eigenvalue weighted by Gasteiger charge is -2.17. The first-order valence-corrected chi connectivity index (χ1v) is 6.96. The van der Waals surface area contributed by atoms with Crippen molar-refractivity contribution < 1.29 is 9.84 Å². The third-order valence-electron chi connectivity index (χ3n) is 4.87. The summed E-state index contributed by atoms with van der Waals surface area (Å²) in [5.41, 5.74) is 3.32. The largest absolute Gasteiger partial charge is 0.496 e. The fraction of sp³-hybridized carbons (Fsp3) is 0.625. The summed E-state index contributed by atoms with van der Waals surface area (Å²) < 4.78 is 5.38. The molecule has 3 unspecified atom stereocenters. The molecule has 1 aromatic rings. The molecule has 2 aliphatic carbocycles. The molecule has 0 aromatic heterocycles. The van der Waals surface area contributed by atoms with Gasteiger partial charge in [-0.2, -0.15) is 0 Å². The van der Waals surface area contributed by atoms with Gasteiger partial charge in [0.2, 0.25) is 0 Å². The number of hydrogen-bond acceptors (Lipinski definition) is 2. The van der Waals surface area contributed by atoms with Gasteiger partial charge in [0, 0.05) is 0 Å². The maximum absolute atomic E-state index is 10.5. The van der Waals surface area contributed by atoms with Crippen LogP contribution >= 0.6 is 0 Å². The van der Waals surface area contributed by atoms with Gasteiger partial charge in [0.1, 0.15) is 5.75 Å². The molecule has 0 spiro atoms. The molecule has 3 atom stereocenters. The number of fused-ring (bicyclic) bond motifs is 1. The second-order valence-electron chi connectivity index (χ2n) is 5.97. The van der Waals surface area contributed by atoms with Crippen molar-refractivity contribution in [3.63, 3.8) is 0 Å². The minimum atomic E-state index is -0.274. The molecule has 0 saturated heterocycles. The maximum Gasteiger partial charge on any atom is 0.124 e. The van der Waals surface area contributed by atoms with E-state index in [2.05, 4.69) is 26.0 Å². The molecular weight excluding hydrogens is 224 g/mol. The summed E-state index contributed by atoms with van der Waals surface area (Å²) in [7, 11) is 1.71. The van der Waals surface area contributed by atoms with Gasteiger partial charge in [0.05, 0.1) is 13.2 Å². The Bertz CT molecular complexity index is 433. The summed E-state index contributed by atoms with van der Waals surface area (Å²) in [5.74, 6) is 3.05. The highest BCUT2D eigenvalue weighted by atomic mass is 16.5.